The predicted molar refractivity (Wildman–Crippen MR) is 56.9 cm³/mol. The Morgan fingerprint density at radius 1 is 1.31 bits per heavy atom. The van der Waals surface area contributed by atoms with Crippen LogP contribution >= 0.6 is 10.7 Å². The van der Waals surface area contributed by atoms with Crippen LogP contribution in [-0.4, -0.2) is 15.0 Å². The van der Waals surface area contributed by atoms with E-state index in [0.29, 0.717) is 5.41 Å². The summed E-state index contributed by atoms with van der Waals surface area (Å²) in [6.07, 6.45) is 1.08. The molecule has 16 heavy (non-hydrogen) atoms. The lowest BCUT2D eigenvalue weighted by atomic mass is 10.2. The van der Waals surface area contributed by atoms with Gasteiger partial charge in [-0.1, -0.05) is 18.2 Å². The van der Waals surface area contributed by atoms with E-state index in [-0.39, 0.29) is 11.3 Å². The van der Waals surface area contributed by atoms with Crippen LogP contribution in [0.4, 0.5) is 8.78 Å². The molecule has 0 atom stereocenters. The number of hydrogen-bond acceptors (Lipinski definition) is 3. The third-order valence-electron chi connectivity index (χ3n) is 1.55. The fraction of sp³-hybridized carbons (Fsp3) is 0.111. The molecule has 3 nitrogen and oxygen atoms in total. The van der Waals surface area contributed by atoms with E-state index in [4.69, 9.17) is 10.7 Å². The van der Waals surface area contributed by atoms with Crippen LogP contribution in [0, 0.1) is 0 Å². The topological polar surface area (TPSA) is 43.4 Å². The average Bonchev–Trinajstić information content (AvgIpc) is 2.14. The lowest BCUT2D eigenvalue weighted by Gasteiger charge is -2.06. The van der Waals surface area contributed by atoms with E-state index in [9.17, 15) is 17.2 Å². The molecule has 0 aliphatic rings. The van der Waals surface area contributed by atoms with Crippen LogP contribution in [0.3, 0.4) is 0 Å². The van der Waals surface area contributed by atoms with Gasteiger partial charge >= 0.3 is 6.61 Å². The molecule has 0 spiro atoms. The molecule has 88 valence electrons. The van der Waals surface area contributed by atoms with Gasteiger partial charge in [-0.15, -0.1) is 0 Å². The lowest BCUT2D eigenvalue weighted by molar-refractivity contribution is -0.0499. The van der Waals surface area contributed by atoms with Crippen LogP contribution in [0.2, 0.25) is 0 Å². The molecule has 0 saturated carbocycles. The molecule has 0 aliphatic carbocycles. The Morgan fingerprint density at radius 3 is 2.50 bits per heavy atom. The van der Waals surface area contributed by atoms with E-state index in [1.807, 2.05) is 0 Å². The second-order valence-corrected chi connectivity index (χ2v) is 5.21. The molecule has 0 fully saturated rings. The van der Waals surface area contributed by atoms with E-state index in [0.717, 1.165) is 6.08 Å². The van der Waals surface area contributed by atoms with Crippen LogP contribution < -0.4 is 4.74 Å². The number of alkyl halides is 2. The SMILES string of the molecule is O=S(=O)(Cl)C=Cc1ccccc1OC(F)F. The van der Waals surface area contributed by atoms with Gasteiger partial charge in [0.25, 0.3) is 9.05 Å². The van der Waals surface area contributed by atoms with Gasteiger partial charge in [0.15, 0.2) is 0 Å². The molecule has 0 radical (unpaired) electrons. The minimum Gasteiger partial charge on any atom is -0.434 e. The molecule has 1 rings (SSSR count). The van der Waals surface area contributed by atoms with Crippen molar-refractivity contribution in [3.8, 4) is 5.75 Å². The zero-order chi connectivity index (χ0) is 12.2. The zero-order valence-corrected chi connectivity index (χ0v) is 9.38. The summed E-state index contributed by atoms with van der Waals surface area (Å²) in [6.45, 7) is -2.97. The maximum Gasteiger partial charge on any atom is 0.387 e. The van der Waals surface area contributed by atoms with Crippen molar-refractivity contribution >= 4 is 25.8 Å². The summed E-state index contributed by atoms with van der Waals surface area (Å²) in [7, 11) is 1.12. The van der Waals surface area contributed by atoms with Gasteiger partial charge in [0.05, 0.1) is 0 Å². The summed E-state index contributed by atoms with van der Waals surface area (Å²) in [5, 5.41) is 0.697. The Hall–Kier alpha value is -1.14. The van der Waals surface area contributed by atoms with Crippen molar-refractivity contribution in [1.29, 1.82) is 0 Å². The van der Waals surface area contributed by atoms with Gasteiger partial charge in [0, 0.05) is 21.7 Å². The van der Waals surface area contributed by atoms with Crippen molar-refractivity contribution in [3.63, 3.8) is 0 Å². The van der Waals surface area contributed by atoms with E-state index in [2.05, 4.69) is 4.74 Å². The number of ether oxygens (including phenoxy) is 1. The van der Waals surface area contributed by atoms with Crippen LogP contribution in [0.5, 0.6) is 5.75 Å². The molecule has 0 unspecified atom stereocenters. The van der Waals surface area contributed by atoms with Crippen molar-refractivity contribution < 1.29 is 21.9 Å². The number of hydrogen-bond donors (Lipinski definition) is 0. The summed E-state index contributed by atoms with van der Waals surface area (Å²) in [5.74, 6) is -0.117. The van der Waals surface area contributed by atoms with Crippen molar-refractivity contribution in [2.75, 3.05) is 0 Å². The number of rotatable bonds is 4. The second kappa shape index (κ2) is 5.27. The predicted octanol–water partition coefficient (Wildman–Crippen LogP) is 2.83. The highest BCUT2D eigenvalue weighted by molar-refractivity contribution is 8.16. The molecule has 0 aliphatic heterocycles. The van der Waals surface area contributed by atoms with Gasteiger partial charge in [-0.05, 0) is 12.1 Å². The highest BCUT2D eigenvalue weighted by atomic mass is 35.7. The molecule has 0 aromatic heterocycles. The Bertz CT molecular complexity index is 485. The Labute approximate surface area is 95.7 Å². The summed E-state index contributed by atoms with van der Waals surface area (Å²) >= 11 is 0. The first-order valence-corrected chi connectivity index (χ1v) is 6.42. The Balaban J connectivity index is 3.00. The smallest absolute Gasteiger partial charge is 0.387 e. The first kappa shape index (κ1) is 12.9. The molecule has 1 aromatic rings. The van der Waals surface area contributed by atoms with E-state index >= 15 is 0 Å². The quantitative estimate of drug-likeness (QED) is 0.789. The summed E-state index contributed by atoms with van der Waals surface area (Å²) < 4.78 is 49.4. The fourth-order valence-corrected chi connectivity index (χ4v) is 1.44. The van der Waals surface area contributed by atoms with Gasteiger partial charge in [-0.2, -0.15) is 8.78 Å². The molecule has 1 aromatic carbocycles. The van der Waals surface area contributed by atoms with Gasteiger partial charge in [0.1, 0.15) is 5.75 Å². The van der Waals surface area contributed by atoms with Gasteiger partial charge in [0.2, 0.25) is 0 Å². The maximum absolute atomic E-state index is 12.0. The van der Waals surface area contributed by atoms with Crippen LogP contribution in [0.15, 0.2) is 29.7 Å². The summed E-state index contributed by atoms with van der Waals surface area (Å²) in [5.41, 5.74) is 0.201. The molecule has 0 amide bonds. The summed E-state index contributed by atoms with van der Waals surface area (Å²) in [6, 6.07) is 5.77. The average molecular weight is 269 g/mol. The maximum atomic E-state index is 12.0. The Morgan fingerprint density at radius 2 is 1.94 bits per heavy atom. The first-order valence-electron chi connectivity index (χ1n) is 4.05. The van der Waals surface area contributed by atoms with Crippen molar-refractivity contribution in [2.24, 2.45) is 0 Å². The third-order valence-corrected chi connectivity index (χ3v) is 2.31. The largest absolute Gasteiger partial charge is 0.434 e. The van der Waals surface area contributed by atoms with E-state index in [1.165, 1.54) is 18.2 Å². The lowest BCUT2D eigenvalue weighted by Crippen LogP contribution is -2.02. The highest BCUT2D eigenvalue weighted by Crippen LogP contribution is 2.22. The minimum atomic E-state index is -3.82. The van der Waals surface area contributed by atoms with E-state index < -0.39 is 15.7 Å². The van der Waals surface area contributed by atoms with Gasteiger partial charge in [-0.25, -0.2) is 8.42 Å². The molecular weight excluding hydrogens is 262 g/mol. The number of benzene rings is 1. The first-order chi connectivity index (χ1) is 7.38. The molecule has 0 heterocycles. The minimum absolute atomic E-state index is 0.117. The highest BCUT2D eigenvalue weighted by Gasteiger charge is 2.07. The van der Waals surface area contributed by atoms with Crippen molar-refractivity contribution in [3.05, 3.63) is 35.2 Å². The van der Waals surface area contributed by atoms with Gasteiger partial charge < -0.3 is 4.74 Å². The molecule has 0 saturated heterocycles. The molecule has 0 bridgehead atoms. The monoisotopic (exact) mass is 268 g/mol. The Kier molecular flexibility index (Phi) is 4.26. The normalized spacial score (nSPS) is 12.2. The van der Waals surface area contributed by atoms with Crippen molar-refractivity contribution in [2.45, 2.75) is 6.61 Å². The third kappa shape index (κ3) is 4.59. The molecule has 0 N–H and O–H groups in total. The van der Waals surface area contributed by atoms with Crippen molar-refractivity contribution in [1.82, 2.24) is 0 Å². The standard InChI is InChI=1S/C9H7ClF2O3S/c10-16(13,14)6-5-7-3-1-2-4-8(7)15-9(11)12/h1-6,9H. The van der Waals surface area contributed by atoms with Crippen LogP contribution in [0.1, 0.15) is 5.56 Å². The number of para-hydroxylation sites is 1. The second-order valence-electron chi connectivity index (χ2n) is 2.69. The molecule has 7 heteroatoms. The van der Waals surface area contributed by atoms with Gasteiger partial charge in [-0.3, -0.25) is 0 Å². The number of halogens is 3. The van der Waals surface area contributed by atoms with E-state index in [1.54, 1.807) is 6.07 Å². The summed E-state index contributed by atoms with van der Waals surface area (Å²) in [4.78, 5) is 0. The molecular formula is C9H7ClF2O3S. The zero-order valence-electron chi connectivity index (χ0n) is 7.81. The van der Waals surface area contributed by atoms with Crippen LogP contribution in [-0.2, 0) is 9.05 Å². The fourth-order valence-electron chi connectivity index (χ4n) is 0.976. The van der Waals surface area contributed by atoms with Crippen LogP contribution in [0.25, 0.3) is 6.08 Å².